The van der Waals surface area contributed by atoms with Gasteiger partial charge in [-0.15, -0.1) is 11.3 Å². The molecule has 1 N–H and O–H groups in total. The number of thiophene rings is 1. The Morgan fingerprint density at radius 3 is 2.67 bits per heavy atom. The SMILES string of the molecule is C=CC(=O)Nc1cc2c(o1)CN(S(=O)(=O)c1ccc(-c3ccccc3)s1)C2. The van der Waals surface area contributed by atoms with Gasteiger partial charge in [0.15, 0.2) is 5.88 Å². The van der Waals surface area contributed by atoms with E-state index in [0.29, 0.717) is 15.9 Å². The van der Waals surface area contributed by atoms with Crippen molar-refractivity contribution >= 4 is 33.2 Å². The number of sulfonamides is 1. The van der Waals surface area contributed by atoms with Crippen molar-refractivity contribution in [2.75, 3.05) is 5.32 Å². The number of nitrogens with one attached hydrogen (secondary N) is 1. The third-order valence-corrected chi connectivity index (χ3v) is 7.62. The van der Waals surface area contributed by atoms with Crippen molar-refractivity contribution in [1.82, 2.24) is 4.31 Å². The molecule has 0 atom stereocenters. The zero-order chi connectivity index (χ0) is 19.0. The Morgan fingerprint density at radius 2 is 1.96 bits per heavy atom. The number of hydrogen-bond acceptors (Lipinski definition) is 5. The van der Waals surface area contributed by atoms with Gasteiger partial charge in [0.1, 0.15) is 9.97 Å². The average Bonchev–Trinajstić information content (AvgIpc) is 3.37. The van der Waals surface area contributed by atoms with Gasteiger partial charge in [-0.25, -0.2) is 8.42 Å². The maximum Gasteiger partial charge on any atom is 0.253 e. The van der Waals surface area contributed by atoms with E-state index < -0.39 is 10.0 Å². The standard InChI is InChI=1S/C19H16N2O4S2/c1-2-17(22)20-18-10-14-11-21(12-15(14)25-18)27(23,24)19-9-8-16(26-19)13-6-4-3-5-7-13/h2-10H,1,11-12H2,(H,20,22). The highest BCUT2D eigenvalue weighted by Gasteiger charge is 2.34. The van der Waals surface area contributed by atoms with Gasteiger partial charge in [0.2, 0.25) is 5.91 Å². The first-order valence-corrected chi connectivity index (χ1v) is 10.4. The lowest BCUT2D eigenvalue weighted by atomic mass is 10.2. The number of benzene rings is 1. The molecule has 8 heteroatoms. The van der Waals surface area contributed by atoms with Gasteiger partial charge in [0.05, 0.1) is 6.54 Å². The Morgan fingerprint density at radius 1 is 1.19 bits per heavy atom. The van der Waals surface area contributed by atoms with E-state index >= 15 is 0 Å². The summed E-state index contributed by atoms with van der Waals surface area (Å²) in [5, 5.41) is 2.54. The maximum absolute atomic E-state index is 13.0. The van der Waals surface area contributed by atoms with E-state index in [2.05, 4.69) is 11.9 Å². The Bertz CT molecular complexity index is 1090. The van der Waals surface area contributed by atoms with E-state index in [1.54, 1.807) is 12.1 Å². The third-order valence-electron chi connectivity index (χ3n) is 4.23. The predicted molar refractivity (Wildman–Crippen MR) is 104 cm³/mol. The lowest BCUT2D eigenvalue weighted by molar-refractivity contribution is -0.112. The van der Waals surface area contributed by atoms with Crippen LogP contribution in [0.2, 0.25) is 0 Å². The van der Waals surface area contributed by atoms with Gasteiger partial charge in [-0.05, 0) is 23.8 Å². The molecule has 6 nitrogen and oxygen atoms in total. The molecular formula is C19H16N2O4S2. The van der Waals surface area contributed by atoms with Crippen molar-refractivity contribution in [2.45, 2.75) is 17.3 Å². The van der Waals surface area contributed by atoms with Crippen molar-refractivity contribution in [3.8, 4) is 10.4 Å². The molecule has 27 heavy (non-hydrogen) atoms. The molecule has 0 unspecified atom stereocenters. The molecule has 0 aliphatic carbocycles. The highest BCUT2D eigenvalue weighted by Crippen LogP contribution is 2.36. The smallest absolute Gasteiger partial charge is 0.253 e. The van der Waals surface area contributed by atoms with Crippen LogP contribution in [-0.2, 0) is 27.9 Å². The largest absolute Gasteiger partial charge is 0.444 e. The van der Waals surface area contributed by atoms with Crippen molar-refractivity contribution in [1.29, 1.82) is 0 Å². The molecule has 0 radical (unpaired) electrons. The Labute approximate surface area is 160 Å². The summed E-state index contributed by atoms with van der Waals surface area (Å²) in [6.07, 6.45) is 1.14. The summed E-state index contributed by atoms with van der Waals surface area (Å²) in [6.45, 7) is 3.73. The number of anilines is 1. The second-order valence-corrected chi connectivity index (χ2v) is 9.26. The highest BCUT2D eigenvalue weighted by molar-refractivity contribution is 7.91. The van der Waals surface area contributed by atoms with Gasteiger partial charge in [-0.3, -0.25) is 10.1 Å². The van der Waals surface area contributed by atoms with Crippen LogP contribution in [0.25, 0.3) is 10.4 Å². The lowest BCUT2D eigenvalue weighted by Gasteiger charge is -2.14. The Balaban J connectivity index is 1.53. The van der Waals surface area contributed by atoms with Crippen LogP contribution in [0, 0.1) is 0 Å². The summed E-state index contributed by atoms with van der Waals surface area (Å²) in [7, 11) is -3.62. The van der Waals surface area contributed by atoms with Gasteiger partial charge in [0.25, 0.3) is 10.0 Å². The van der Waals surface area contributed by atoms with Crippen LogP contribution in [0.1, 0.15) is 11.3 Å². The number of hydrogen-bond donors (Lipinski definition) is 1. The summed E-state index contributed by atoms with van der Waals surface area (Å²) in [5.41, 5.74) is 1.73. The normalized spacial score (nSPS) is 14.1. The zero-order valence-electron chi connectivity index (χ0n) is 14.2. The van der Waals surface area contributed by atoms with Crippen LogP contribution < -0.4 is 5.32 Å². The molecule has 1 aliphatic rings. The van der Waals surface area contributed by atoms with E-state index in [1.807, 2.05) is 36.4 Å². The van der Waals surface area contributed by atoms with E-state index in [4.69, 9.17) is 4.42 Å². The van der Waals surface area contributed by atoms with Crippen LogP contribution in [-0.4, -0.2) is 18.6 Å². The number of furan rings is 1. The van der Waals surface area contributed by atoms with E-state index in [-0.39, 0.29) is 19.0 Å². The Hall–Kier alpha value is -2.68. The summed E-state index contributed by atoms with van der Waals surface area (Å²) >= 11 is 1.25. The molecule has 0 saturated carbocycles. The van der Waals surface area contributed by atoms with Crippen molar-refractivity contribution in [3.05, 3.63) is 72.5 Å². The number of carbonyl (C=O) groups is 1. The van der Waals surface area contributed by atoms with Gasteiger partial charge < -0.3 is 4.42 Å². The van der Waals surface area contributed by atoms with Crippen LogP contribution in [0.5, 0.6) is 0 Å². The Kier molecular flexibility index (Phi) is 4.47. The number of fused-ring (bicyclic) bond motifs is 1. The van der Waals surface area contributed by atoms with Gasteiger partial charge in [0, 0.05) is 23.1 Å². The molecule has 0 fully saturated rings. The predicted octanol–water partition coefficient (Wildman–Crippen LogP) is 3.84. The topological polar surface area (TPSA) is 79.6 Å². The number of amides is 1. The molecule has 1 aromatic carbocycles. The molecule has 4 rings (SSSR count). The van der Waals surface area contributed by atoms with Crippen molar-refractivity contribution < 1.29 is 17.6 Å². The molecule has 0 saturated heterocycles. The average molecular weight is 400 g/mol. The third kappa shape index (κ3) is 3.34. The van der Waals surface area contributed by atoms with Crippen molar-refractivity contribution in [2.24, 2.45) is 0 Å². The first-order chi connectivity index (χ1) is 13.0. The fourth-order valence-corrected chi connectivity index (χ4v) is 5.73. The summed E-state index contributed by atoms with van der Waals surface area (Å²) < 4.78 is 33.2. The molecule has 1 aliphatic heterocycles. The highest BCUT2D eigenvalue weighted by atomic mass is 32.2. The second-order valence-electron chi connectivity index (χ2n) is 6.01. The van der Waals surface area contributed by atoms with Crippen LogP contribution in [0.3, 0.4) is 0 Å². The minimum absolute atomic E-state index is 0.139. The first-order valence-electron chi connectivity index (χ1n) is 8.18. The molecule has 1 amide bonds. The number of nitrogens with zero attached hydrogens (tertiary/aromatic N) is 1. The summed E-state index contributed by atoms with van der Waals surface area (Å²) in [4.78, 5) is 12.2. The number of rotatable bonds is 5. The summed E-state index contributed by atoms with van der Waals surface area (Å²) in [5.74, 6) is 0.459. The first kappa shape index (κ1) is 17.7. The van der Waals surface area contributed by atoms with Crippen LogP contribution >= 0.6 is 11.3 Å². The second kappa shape index (κ2) is 6.80. The molecule has 2 aromatic heterocycles. The lowest BCUT2D eigenvalue weighted by Crippen LogP contribution is -2.25. The molecular weight excluding hydrogens is 384 g/mol. The quantitative estimate of drug-likeness (QED) is 0.660. The van der Waals surface area contributed by atoms with Crippen LogP contribution in [0.15, 0.2) is 69.8 Å². The molecule has 0 bridgehead atoms. The van der Waals surface area contributed by atoms with E-state index in [9.17, 15) is 13.2 Å². The molecule has 0 spiro atoms. The summed E-state index contributed by atoms with van der Waals surface area (Å²) in [6, 6.07) is 14.8. The minimum atomic E-state index is -3.62. The monoisotopic (exact) mass is 400 g/mol. The van der Waals surface area contributed by atoms with Gasteiger partial charge >= 0.3 is 0 Å². The van der Waals surface area contributed by atoms with Gasteiger partial charge in [-0.2, -0.15) is 4.31 Å². The zero-order valence-corrected chi connectivity index (χ0v) is 15.8. The fraction of sp³-hybridized carbons (Fsp3) is 0.105. The van der Waals surface area contributed by atoms with E-state index in [0.717, 1.165) is 22.1 Å². The van der Waals surface area contributed by atoms with Crippen molar-refractivity contribution in [3.63, 3.8) is 0 Å². The van der Waals surface area contributed by atoms with Crippen LogP contribution in [0.4, 0.5) is 5.88 Å². The molecule has 138 valence electrons. The molecule has 3 heterocycles. The maximum atomic E-state index is 13.0. The fourth-order valence-electron chi connectivity index (χ4n) is 2.89. The van der Waals surface area contributed by atoms with E-state index in [1.165, 1.54) is 15.6 Å². The van der Waals surface area contributed by atoms with Gasteiger partial charge in [-0.1, -0.05) is 36.9 Å². The number of carbonyl (C=O) groups excluding carboxylic acids is 1. The minimum Gasteiger partial charge on any atom is -0.444 e. The molecule has 3 aromatic rings.